The monoisotopic (exact) mass is 288 g/mol. The Hall–Kier alpha value is -2.13. The molecular weight excluding hydrogens is 279 g/mol. The number of carbonyl (C=O) groups excluding carboxylic acids is 1. The number of halogens is 2. The minimum atomic E-state index is -0.361. The van der Waals surface area contributed by atoms with Crippen molar-refractivity contribution in [2.45, 2.75) is 6.92 Å². The molecule has 3 aromatic rings. The van der Waals surface area contributed by atoms with Crippen molar-refractivity contribution in [1.82, 2.24) is 0 Å². The van der Waals surface area contributed by atoms with Crippen LogP contribution in [0.3, 0.4) is 0 Å². The third kappa shape index (κ3) is 2.21. The summed E-state index contributed by atoms with van der Waals surface area (Å²) in [6.45, 7) is 1.83. The molecule has 1 heterocycles. The average Bonchev–Trinajstić information content (AvgIpc) is 2.84. The van der Waals surface area contributed by atoms with E-state index < -0.39 is 0 Å². The van der Waals surface area contributed by atoms with Crippen molar-refractivity contribution in [2.24, 2.45) is 0 Å². The fraction of sp³-hybridized carbons (Fsp3) is 0.0625. The largest absolute Gasteiger partial charge is 0.453 e. The summed E-state index contributed by atoms with van der Waals surface area (Å²) in [5, 5.41) is 1.17. The van der Waals surface area contributed by atoms with E-state index in [1.807, 2.05) is 6.92 Å². The Morgan fingerprint density at radius 3 is 2.70 bits per heavy atom. The van der Waals surface area contributed by atoms with Gasteiger partial charge in [-0.15, -0.1) is 0 Å². The maximum atomic E-state index is 13.1. The summed E-state index contributed by atoms with van der Waals surface area (Å²) in [7, 11) is 0. The van der Waals surface area contributed by atoms with Gasteiger partial charge < -0.3 is 4.42 Å². The lowest BCUT2D eigenvalue weighted by atomic mass is 10.1. The molecule has 4 heteroatoms. The van der Waals surface area contributed by atoms with Gasteiger partial charge in [0, 0.05) is 16.0 Å². The van der Waals surface area contributed by atoms with Gasteiger partial charge in [0.2, 0.25) is 5.78 Å². The van der Waals surface area contributed by atoms with Gasteiger partial charge in [0.25, 0.3) is 0 Å². The van der Waals surface area contributed by atoms with Crippen molar-refractivity contribution in [1.29, 1.82) is 0 Å². The van der Waals surface area contributed by atoms with Crippen molar-refractivity contribution in [3.05, 3.63) is 70.2 Å². The lowest BCUT2D eigenvalue weighted by Gasteiger charge is -2.01. The van der Waals surface area contributed by atoms with Crippen LogP contribution in [-0.4, -0.2) is 5.78 Å². The van der Waals surface area contributed by atoms with Crippen molar-refractivity contribution < 1.29 is 13.6 Å². The number of hydrogen-bond acceptors (Lipinski definition) is 2. The van der Waals surface area contributed by atoms with Crippen LogP contribution in [0.4, 0.5) is 4.39 Å². The topological polar surface area (TPSA) is 30.2 Å². The maximum absolute atomic E-state index is 13.1. The molecule has 0 atom stereocenters. The van der Waals surface area contributed by atoms with Gasteiger partial charge in [-0.2, -0.15) is 0 Å². The first-order valence-electron chi connectivity index (χ1n) is 6.04. The molecule has 0 saturated carbocycles. The highest BCUT2D eigenvalue weighted by molar-refractivity contribution is 6.31. The van der Waals surface area contributed by atoms with E-state index in [1.165, 1.54) is 18.2 Å². The Kier molecular flexibility index (Phi) is 3.07. The zero-order valence-electron chi connectivity index (χ0n) is 10.6. The van der Waals surface area contributed by atoms with Gasteiger partial charge in [0.1, 0.15) is 11.4 Å². The summed E-state index contributed by atoms with van der Waals surface area (Å²) in [5.74, 6) is -0.423. The highest BCUT2D eigenvalue weighted by Gasteiger charge is 2.15. The number of benzene rings is 2. The normalized spacial score (nSPS) is 10.9. The molecule has 0 spiro atoms. The minimum absolute atomic E-state index is 0.187. The van der Waals surface area contributed by atoms with E-state index >= 15 is 0 Å². The van der Waals surface area contributed by atoms with Gasteiger partial charge in [0.05, 0.1) is 0 Å². The summed E-state index contributed by atoms with van der Waals surface area (Å²) >= 11 is 5.94. The first kappa shape index (κ1) is 12.9. The molecule has 0 amide bonds. The third-order valence-corrected chi connectivity index (χ3v) is 3.55. The van der Waals surface area contributed by atoms with Crippen LogP contribution in [-0.2, 0) is 0 Å². The Balaban J connectivity index is 2.05. The van der Waals surface area contributed by atoms with Gasteiger partial charge in [0.15, 0.2) is 5.76 Å². The van der Waals surface area contributed by atoms with E-state index in [-0.39, 0.29) is 17.4 Å². The third-order valence-electron chi connectivity index (χ3n) is 3.12. The van der Waals surface area contributed by atoms with Crippen molar-refractivity contribution in [3.63, 3.8) is 0 Å². The summed E-state index contributed by atoms with van der Waals surface area (Å²) in [4.78, 5) is 12.3. The number of furan rings is 1. The van der Waals surface area contributed by atoms with Gasteiger partial charge in [-0.1, -0.05) is 11.6 Å². The molecule has 0 aliphatic carbocycles. The molecule has 0 saturated heterocycles. The molecule has 1 aromatic heterocycles. The Bertz CT molecular complexity index is 820. The van der Waals surface area contributed by atoms with Gasteiger partial charge in [-0.3, -0.25) is 4.79 Å². The molecule has 0 unspecified atom stereocenters. The number of carbonyl (C=O) groups is 1. The van der Waals surface area contributed by atoms with Crippen molar-refractivity contribution >= 4 is 28.4 Å². The number of aryl methyl sites for hydroxylation is 1. The molecule has 0 radical (unpaired) electrons. The van der Waals surface area contributed by atoms with Crippen LogP contribution in [0.2, 0.25) is 5.02 Å². The zero-order valence-corrected chi connectivity index (χ0v) is 11.4. The molecule has 20 heavy (non-hydrogen) atoms. The SMILES string of the molecule is Cc1cc(C(=O)c2cc3cc(F)ccc3o2)ccc1Cl. The van der Waals surface area contributed by atoms with Gasteiger partial charge in [-0.05, 0) is 55.0 Å². The molecule has 0 bridgehead atoms. The number of fused-ring (bicyclic) bond motifs is 1. The summed E-state index contributed by atoms with van der Waals surface area (Å²) in [5.41, 5.74) is 1.80. The predicted octanol–water partition coefficient (Wildman–Crippen LogP) is 4.76. The fourth-order valence-corrected chi connectivity index (χ4v) is 2.17. The second-order valence-electron chi connectivity index (χ2n) is 4.59. The smallest absolute Gasteiger partial charge is 0.228 e. The minimum Gasteiger partial charge on any atom is -0.453 e. The van der Waals surface area contributed by atoms with Crippen molar-refractivity contribution in [2.75, 3.05) is 0 Å². The average molecular weight is 289 g/mol. The van der Waals surface area contributed by atoms with E-state index in [1.54, 1.807) is 24.3 Å². The van der Waals surface area contributed by atoms with Crippen LogP contribution in [0.1, 0.15) is 21.7 Å². The molecule has 3 rings (SSSR count). The van der Waals surface area contributed by atoms with E-state index in [2.05, 4.69) is 0 Å². The molecule has 0 fully saturated rings. The molecule has 0 aliphatic heterocycles. The lowest BCUT2D eigenvalue weighted by Crippen LogP contribution is -1.99. The summed E-state index contributed by atoms with van der Waals surface area (Å²) < 4.78 is 18.6. The second kappa shape index (κ2) is 4.76. The fourth-order valence-electron chi connectivity index (χ4n) is 2.05. The van der Waals surface area contributed by atoms with E-state index in [4.69, 9.17) is 16.0 Å². The number of rotatable bonds is 2. The van der Waals surface area contributed by atoms with Gasteiger partial charge >= 0.3 is 0 Å². The standard InChI is InChI=1S/C16H10ClFO2/c1-9-6-10(2-4-13(9)17)16(19)15-8-11-7-12(18)3-5-14(11)20-15/h2-8H,1H3. The second-order valence-corrected chi connectivity index (χ2v) is 4.99. The number of hydrogen-bond donors (Lipinski definition) is 0. The molecule has 0 aliphatic rings. The van der Waals surface area contributed by atoms with Crippen LogP contribution in [0.25, 0.3) is 11.0 Å². The van der Waals surface area contributed by atoms with Gasteiger partial charge in [-0.25, -0.2) is 4.39 Å². The summed E-state index contributed by atoms with van der Waals surface area (Å²) in [6, 6.07) is 10.7. The first-order chi connectivity index (χ1) is 9.54. The van der Waals surface area contributed by atoms with E-state index in [0.29, 0.717) is 21.6 Å². The highest BCUT2D eigenvalue weighted by atomic mass is 35.5. The quantitative estimate of drug-likeness (QED) is 0.636. The summed E-state index contributed by atoms with van der Waals surface area (Å²) in [6.07, 6.45) is 0. The molecule has 2 nitrogen and oxygen atoms in total. The molecule has 0 N–H and O–H groups in total. The van der Waals surface area contributed by atoms with E-state index in [0.717, 1.165) is 5.56 Å². The molecular formula is C16H10ClFO2. The van der Waals surface area contributed by atoms with Crippen LogP contribution in [0, 0.1) is 12.7 Å². The molecule has 2 aromatic carbocycles. The Morgan fingerprint density at radius 1 is 1.15 bits per heavy atom. The predicted molar refractivity (Wildman–Crippen MR) is 75.8 cm³/mol. The van der Waals surface area contributed by atoms with Crippen molar-refractivity contribution in [3.8, 4) is 0 Å². The molecule has 100 valence electrons. The Morgan fingerprint density at radius 2 is 1.95 bits per heavy atom. The number of ketones is 1. The maximum Gasteiger partial charge on any atom is 0.228 e. The van der Waals surface area contributed by atoms with Crippen LogP contribution >= 0.6 is 11.6 Å². The van der Waals surface area contributed by atoms with Crippen LogP contribution in [0.5, 0.6) is 0 Å². The highest BCUT2D eigenvalue weighted by Crippen LogP contribution is 2.24. The zero-order chi connectivity index (χ0) is 14.3. The van der Waals surface area contributed by atoms with Crippen LogP contribution in [0.15, 0.2) is 46.9 Å². The van der Waals surface area contributed by atoms with Crippen LogP contribution < -0.4 is 0 Å². The van der Waals surface area contributed by atoms with E-state index in [9.17, 15) is 9.18 Å². The Labute approximate surface area is 119 Å². The lowest BCUT2D eigenvalue weighted by molar-refractivity contribution is 0.101. The first-order valence-corrected chi connectivity index (χ1v) is 6.42.